The summed E-state index contributed by atoms with van der Waals surface area (Å²) in [4.78, 5) is 31.5. The zero-order valence-corrected chi connectivity index (χ0v) is 23.8. The Morgan fingerprint density at radius 3 is 1.29 bits per heavy atom. The normalized spacial score (nSPS) is 18.0. The number of ketones is 2. The molecule has 0 bridgehead atoms. The molecule has 4 rings (SSSR count). The molecule has 2 aromatic carbocycles. The third-order valence-electron chi connectivity index (χ3n) is 7.38. The van der Waals surface area contributed by atoms with Gasteiger partial charge in [0, 0.05) is 62.2 Å². The molecule has 0 radical (unpaired) electrons. The van der Waals surface area contributed by atoms with Gasteiger partial charge >= 0.3 is 0 Å². The molecule has 6 nitrogen and oxygen atoms in total. The maximum absolute atomic E-state index is 13.4. The Kier molecular flexibility index (Phi) is 15.1. The second kappa shape index (κ2) is 17.7. The van der Waals surface area contributed by atoms with E-state index < -0.39 is 0 Å². The lowest BCUT2D eigenvalue weighted by Gasteiger charge is -2.31. The van der Waals surface area contributed by atoms with Gasteiger partial charge in [0.25, 0.3) is 0 Å². The van der Waals surface area contributed by atoms with E-state index in [9.17, 15) is 9.59 Å². The van der Waals surface area contributed by atoms with Gasteiger partial charge in [-0.3, -0.25) is 19.4 Å². The van der Waals surface area contributed by atoms with E-state index in [1.54, 1.807) is 0 Å². The molecule has 2 heterocycles. The van der Waals surface area contributed by atoms with E-state index in [0.29, 0.717) is 0 Å². The van der Waals surface area contributed by atoms with Crippen LogP contribution in [-0.4, -0.2) is 87.1 Å². The zero-order valence-electron chi connectivity index (χ0n) is 22.2. The first-order chi connectivity index (χ1) is 17.7. The van der Waals surface area contributed by atoms with E-state index >= 15 is 0 Å². The average molecular weight is 566 g/mol. The Balaban J connectivity index is 0.00000253. The molecule has 38 heavy (non-hydrogen) atoms. The van der Waals surface area contributed by atoms with Gasteiger partial charge in [-0.2, -0.15) is 0 Å². The molecule has 2 unspecified atom stereocenters. The van der Waals surface area contributed by atoms with Crippen LogP contribution in [0.4, 0.5) is 0 Å². The SMILES string of the molecule is Cl.Cl.O=C(c1ccccc1)C(CCCCC(CN1CCOCC1)C(=O)c1ccccc1)CN1CCOCC1. The standard InChI is InChI=1S/C30H40N2O4.2ClH/c33-29(25-9-3-1-4-10-25)27(23-31-15-19-35-20-16-31)13-7-8-14-28(24-32-17-21-36-22-18-32)30(34)26-11-5-2-6-12-26;;/h1-6,9-12,27-28H,7-8,13-24H2;2*1H. The molecule has 0 spiro atoms. The van der Waals surface area contributed by atoms with Gasteiger partial charge in [-0.1, -0.05) is 73.5 Å². The van der Waals surface area contributed by atoms with Crippen molar-refractivity contribution in [1.82, 2.24) is 9.80 Å². The van der Waals surface area contributed by atoms with Gasteiger partial charge in [-0.25, -0.2) is 0 Å². The molecule has 2 aliphatic heterocycles. The number of carbonyl (C=O) groups excluding carboxylic acids is 2. The second-order valence-corrected chi connectivity index (χ2v) is 9.96. The minimum atomic E-state index is -0.0342. The number of nitrogens with zero attached hydrogens (tertiary/aromatic N) is 2. The average Bonchev–Trinajstić information content (AvgIpc) is 2.95. The van der Waals surface area contributed by atoms with Crippen LogP contribution in [0.5, 0.6) is 0 Å². The highest BCUT2D eigenvalue weighted by molar-refractivity contribution is 5.98. The number of hydrogen-bond donors (Lipinski definition) is 0. The van der Waals surface area contributed by atoms with Crippen molar-refractivity contribution in [3.63, 3.8) is 0 Å². The Morgan fingerprint density at radius 1 is 0.605 bits per heavy atom. The lowest BCUT2D eigenvalue weighted by atomic mass is 9.88. The molecule has 2 atom stereocenters. The largest absolute Gasteiger partial charge is 0.379 e. The second-order valence-electron chi connectivity index (χ2n) is 9.96. The lowest BCUT2D eigenvalue weighted by Crippen LogP contribution is -2.41. The van der Waals surface area contributed by atoms with Crippen LogP contribution < -0.4 is 0 Å². The van der Waals surface area contributed by atoms with Crippen LogP contribution in [0.15, 0.2) is 60.7 Å². The molecule has 0 aliphatic carbocycles. The van der Waals surface area contributed by atoms with Crippen molar-refractivity contribution >= 4 is 36.4 Å². The molecule has 2 aromatic rings. The topological polar surface area (TPSA) is 59.1 Å². The molecule has 0 aromatic heterocycles. The third-order valence-corrected chi connectivity index (χ3v) is 7.38. The lowest BCUT2D eigenvalue weighted by molar-refractivity contribution is 0.0283. The first-order valence-corrected chi connectivity index (χ1v) is 13.5. The van der Waals surface area contributed by atoms with Crippen LogP contribution in [0.3, 0.4) is 0 Å². The molecule has 0 amide bonds. The minimum absolute atomic E-state index is 0. The van der Waals surface area contributed by atoms with Gasteiger partial charge in [0.1, 0.15) is 0 Å². The van der Waals surface area contributed by atoms with Gasteiger partial charge in [-0.15, -0.1) is 24.8 Å². The highest BCUT2D eigenvalue weighted by Crippen LogP contribution is 2.22. The molecule has 2 aliphatic rings. The van der Waals surface area contributed by atoms with Gasteiger partial charge in [0.2, 0.25) is 0 Å². The zero-order chi connectivity index (χ0) is 25.0. The third kappa shape index (κ3) is 10.1. The first-order valence-electron chi connectivity index (χ1n) is 13.5. The van der Waals surface area contributed by atoms with Crippen LogP contribution >= 0.6 is 24.8 Å². The number of hydrogen-bond acceptors (Lipinski definition) is 6. The fourth-order valence-corrected chi connectivity index (χ4v) is 5.26. The van der Waals surface area contributed by atoms with Crippen molar-refractivity contribution in [3.05, 3.63) is 71.8 Å². The quantitative estimate of drug-likeness (QED) is 0.250. The van der Waals surface area contributed by atoms with Gasteiger partial charge in [0.05, 0.1) is 26.4 Å². The molecule has 0 saturated carbocycles. The van der Waals surface area contributed by atoms with Gasteiger partial charge in [0.15, 0.2) is 11.6 Å². The van der Waals surface area contributed by atoms with Crippen LogP contribution in [0.2, 0.25) is 0 Å². The fourth-order valence-electron chi connectivity index (χ4n) is 5.26. The fraction of sp³-hybridized carbons (Fsp3) is 0.533. The summed E-state index contributed by atoms with van der Waals surface area (Å²) in [5.41, 5.74) is 1.58. The van der Waals surface area contributed by atoms with Gasteiger partial charge in [-0.05, 0) is 12.8 Å². The number of halogens is 2. The van der Waals surface area contributed by atoms with Crippen LogP contribution in [0.1, 0.15) is 46.4 Å². The predicted octanol–water partition coefficient (Wildman–Crippen LogP) is 5.05. The highest BCUT2D eigenvalue weighted by atomic mass is 35.5. The van der Waals surface area contributed by atoms with Gasteiger partial charge < -0.3 is 9.47 Å². The van der Waals surface area contributed by atoms with Crippen molar-refractivity contribution in [2.24, 2.45) is 11.8 Å². The van der Waals surface area contributed by atoms with Crippen molar-refractivity contribution in [1.29, 1.82) is 0 Å². The molecule has 8 heteroatoms. The number of ether oxygens (including phenoxy) is 2. The summed E-state index contributed by atoms with van der Waals surface area (Å²) < 4.78 is 11.0. The van der Waals surface area contributed by atoms with E-state index in [2.05, 4.69) is 9.80 Å². The van der Waals surface area contributed by atoms with E-state index in [-0.39, 0.29) is 48.2 Å². The Bertz CT molecular complexity index is 858. The number of carbonyl (C=O) groups is 2. The summed E-state index contributed by atoms with van der Waals surface area (Å²) in [6, 6.07) is 19.3. The number of morpholine rings is 2. The summed E-state index contributed by atoms with van der Waals surface area (Å²) in [5, 5.41) is 0. The maximum Gasteiger partial charge on any atom is 0.167 e. The van der Waals surface area contributed by atoms with E-state index in [0.717, 1.165) is 103 Å². The minimum Gasteiger partial charge on any atom is -0.379 e. The molecular weight excluding hydrogens is 523 g/mol. The first kappa shape index (κ1) is 32.4. The van der Waals surface area contributed by atoms with Crippen LogP contribution in [0.25, 0.3) is 0 Å². The summed E-state index contributed by atoms with van der Waals surface area (Å²) in [7, 11) is 0. The van der Waals surface area contributed by atoms with Crippen molar-refractivity contribution in [2.45, 2.75) is 25.7 Å². The summed E-state index contributed by atoms with van der Waals surface area (Å²) in [6.45, 7) is 8.01. The van der Waals surface area contributed by atoms with Crippen molar-refractivity contribution in [3.8, 4) is 0 Å². The number of benzene rings is 2. The number of Topliss-reactive ketones (excluding diaryl/α,β-unsaturated/α-hetero) is 2. The smallest absolute Gasteiger partial charge is 0.167 e. The Morgan fingerprint density at radius 2 is 0.947 bits per heavy atom. The molecule has 2 saturated heterocycles. The predicted molar refractivity (Wildman–Crippen MR) is 156 cm³/mol. The molecule has 210 valence electrons. The summed E-state index contributed by atoms with van der Waals surface area (Å²) in [6.07, 6.45) is 3.56. The monoisotopic (exact) mass is 564 g/mol. The highest BCUT2D eigenvalue weighted by Gasteiger charge is 2.26. The maximum atomic E-state index is 13.4. The van der Waals surface area contributed by atoms with Crippen LogP contribution in [-0.2, 0) is 9.47 Å². The van der Waals surface area contributed by atoms with Crippen molar-refractivity contribution < 1.29 is 19.1 Å². The Hall–Kier alpha value is -1.80. The summed E-state index contributed by atoms with van der Waals surface area (Å²) in [5.74, 6) is 0.390. The van der Waals surface area contributed by atoms with E-state index in [1.807, 2.05) is 60.7 Å². The van der Waals surface area contributed by atoms with E-state index in [4.69, 9.17) is 9.47 Å². The Labute approximate surface area is 239 Å². The number of rotatable bonds is 13. The number of unbranched alkanes of at least 4 members (excludes halogenated alkanes) is 1. The van der Waals surface area contributed by atoms with E-state index in [1.165, 1.54) is 0 Å². The van der Waals surface area contributed by atoms with Crippen molar-refractivity contribution in [2.75, 3.05) is 65.7 Å². The van der Waals surface area contributed by atoms with Crippen LogP contribution in [0, 0.1) is 11.8 Å². The molecular formula is C30H42Cl2N2O4. The molecule has 0 N–H and O–H groups in total. The molecule has 2 fully saturated rings. The summed E-state index contributed by atoms with van der Waals surface area (Å²) >= 11 is 0.